The molecule has 1 unspecified atom stereocenters. The van der Waals surface area contributed by atoms with Gasteiger partial charge in [0.2, 0.25) is 0 Å². The Kier molecular flexibility index (Phi) is 11.4. The fourth-order valence-electron chi connectivity index (χ4n) is 4.11. The molecule has 1 atom stereocenters. The summed E-state index contributed by atoms with van der Waals surface area (Å²) in [4.78, 5) is 52.5. The Morgan fingerprint density at radius 3 is 2.14 bits per heavy atom. The molecule has 0 saturated carbocycles. The molecule has 0 saturated heterocycles. The molecule has 0 aliphatic carbocycles. The average Bonchev–Trinajstić information content (AvgIpc) is 2.89. The van der Waals surface area contributed by atoms with Crippen molar-refractivity contribution >= 4 is 23.7 Å². The van der Waals surface area contributed by atoms with Gasteiger partial charge < -0.3 is 14.2 Å². The van der Waals surface area contributed by atoms with E-state index in [-0.39, 0.29) is 31.5 Å². The molecule has 190 valence electrons. The molecule has 1 heterocycles. The highest BCUT2D eigenvalue weighted by atomic mass is 16.5. The van der Waals surface area contributed by atoms with Gasteiger partial charge in [-0.2, -0.15) is 0 Å². The summed E-state index contributed by atoms with van der Waals surface area (Å²) in [6.07, 6.45) is 7.75. The van der Waals surface area contributed by atoms with Crippen molar-refractivity contribution in [3.8, 4) is 0 Å². The maximum Gasteiger partial charge on any atom is 0.323 e. The second-order valence-electron chi connectivity index (χ2n) is 8.59. The van der Waals surface area contributed by atoms with Crippen LogP contribution in [-0.4, -0.2) is 63.0 Å². The Bertz CT molecular complexity index is 907. The number of hydrogen-bond acceptors (Lipinski definition) is 8. The quantitative estimate of drug-likeness (QED) is 0.271. The lowest BCUT2D eigenvalue weighted by Crippen LogP contribution is -2.40. The first-order valence-corrected chi connectivity index (χ1v) is 11.7. The van der Waals surface area contributed by atoms with Gasteiger partial charge in [0.25, 0.3) is 0 Å². The lowest BCUT2D eigenvalue weighted by atomic mass is 9.80. The number of benzene rings is 1. The van der Waals surface area contributed by atoms with Crippen molar-refractivity contribution < 1.29 is 33.4 Å². The topological polar surface area (TPSA) is 99.2 Å². The number of carbonyl (C=O) groups excluding carboxylic acids is 4. The van der Waals surface area contributed by atoms with E-state index < -0.39 is 29.2 Å². The van der Waals surface area contributed by atoms with E-state index in [1.807, 2.05) is 36.4 Å². The predicted octanol–water partition coefficient (Wildman–Crippen LogP) is 3.26. The highest BCUT2D eigenvalue weighted by Gasteiger charge is 2.46. The highest BCUT2D eigenvalue weighted by Crippen LogP contribution is 2.32. The van der Waals surface area contributed by atoms with Gasteiger partial charge in [-0.15, -0.1) is 0 Å². The highest BCUT2D eigenvalue weighted by molar-refractivity contribution is 6.00. The van der Waals surface area contributed by atoms with Crippen LogP contribution in [0.5, 0.6) is 0 Å². The molecule has 0 aromatic heterocycles. The molecule has 8 nitrogen and oxygen atoms in total. The summed E-state index contributed by atoms with van der Waals surface area (Å²) >= 11 is 0. The third kappa shape index (κ3) is 8.17. The van der Waals surface area contributed by atoms with Crippen LogP contribution in [0.1, 0.15) is 37.7 Å². The van der Waals surface area contributed by atoms with Crippen LogP contribution in [0.2, 0.25) is 0 Å². The number of carbonyl (C=O) groups is 4. The van der Waals surface area contributed by atoms with Crippen molar-refractivity contribution in [3.05, 3.63) is 60.2 Å². The number of Topliss-reactive ketones (excluding diaryl/α,β-unsaturated/α-hetero) is 1. The third-order valence-corrected chi connectivity index (χ3v) is 6.17. The van der Waals surface area contributed by atoms with E-state index in [0.717, 1.165) is 5.56 Å². The second-order valence-corrected chi connectivity index (χ2v) is 8.59. The van der Waals surface area contributed by atoms with Crippen molar-refractivity contribution in [2.75, 3.05) is 34.4 Å². The molecule has 1 aliphatic heterocycles. The molecule has 0 bridgehead atoms. The molecule has 0 radical (unpaired) electrons. The summed E-state index contributed by atoms with van der Waals surface area (Å²) in [6, 6.07) is 9.88. The van der Waals surface area contributed by atoms with Gasteiger partial charge in [-0.25, -0.2) is 0 Å². The largest absolute Gasteiger partial charge is 0.469 e. The van der Waals surface area contributed by atoms with Crippen LogP contribution in [0.3, 0.4) is 0 Å². The first-order valence-electron chi connectivity index (χ1n) is 11.7. The zero-order valence-electron chi connectivity index (χ0n) is 20.7. The van der Waals surface area contributed by atoms with E-state index in [9.17, 15) is 19.2 Å². The summed E-state index contributed by atoms with van der Waals surface area (Å²) in [5.74, 6) is -2.51. The second kappa shape index (κ2) is 14.2. The van der Waals surface area contributed by atoms with Gasteiger partial charge in [-0.1, -0.05) is 54.6 Å². The van der Waals surface area contributed by atoms with E-state index in [0.29, 0.717) is 26.1 Å². The lowest BCUT2D eigenvalue weighted by Gasteiger charge is -2.26. The number of esters is 3. The number of ether oxygens (including phenoxy) is 3. The Morgan fingerprint density at radius 1 is 0.914 bits per heavy atom. The maximum atomic E-state index is 12.7. The van der Waals surface area contributed by atoms with Gasteiger partial charge in [-0.3, -0.25) is 24.1 Å². The van der Waals surface area contributed by atoms with Crippen molar-refractivity contribution in [1.29, 1.82) is 0 Å². The van der Waals surface area contributed by atoms with Gasteiger partial charge in [0.15, 0.2) is 5.41 Å². The fourth-order valence-corrected chi connectivity index (χ4v) is 4.11. The molecular weight excluding hydrogens is 450 g/mol. The van der Waals surface area contributed by atoms with E-state index in [1.54, 1.807) is 18.2 Å². The van der Waals surface area contributed by atoms with Gasteiger partial charge in [-0.05, 0) is 24.8 Å². The van der Waals surface area contributed by atoms with Gasteiger partial charge in [0.05, 0.1) is 27.2 Å². The lowest BCUT2D eigenvalue weighted by molar-refractivity contribution is -0.168. The van der Waals surface area contributed by atoms with Crippen molar-refractivity contribution in [2.24, 2.45) is 11.3 Å². The molecule has 8 heteroatoms. The van der Waals surface area contributed by atoms with Crippen LogP contribution in [0.15, 0.2) is 54.6 Å². The van der Waals surface area contributed by atoms with Crippen LogP contribution < -0.4 is 0 Å². The number of methoxy groups -OCH3 is 3. The Morgan fingerprint density at radius 2 is 1.54 bits per heavy atom. The molecule has 1 aliphatic rings. The normalized spacial score (nSPS) is 21.6. The zero-order valence-corrected chi connectivity index (χ0v) is 20.7. The Hall–Kier alpha value is -3.26. The van der Waals surface area contributed by atoms with Crippen LogP contribution in [0.25, 0.3) is 0 Å². The zero-order chi connectivity index (χ0) is 25.7. The molecule has 2 rings (SSSR count). The molecule has 1 aromatic rings. The molecular formula is C27H35NO7. The fraction of sp³-hybridized carbons (Fsp3) is 0.481. The van der Waals surface area contributed by atoms with E-state index in [4.69, 9.17) is 14.2 Å². The first kappa shape index (κ1) is 28.0. The number of hydrogen-bond donors (Lipinski definition) is 0. The third-order valence-electron chi connectivity index (χ3n) is 6.17. The van der Waals surface area contributed by atoms with Crippen LogP contribution in [-0.2, 0) is 39.9 Å². The van der Waals surface area contributed by atoms with E-state index >= 15 is 0 Å². The average molecular weight is 486 g/mol. The molecule has 35 heavy (non-hydrogen) atoms. The number of nitrogens with zero attached hydrogens (tertiary/aromatic N) is 1. The maximum absolute atomic E-state index is 12.7. The SMILES string of the molecule is COC(=O)C1C/C=C/CC(C(=O)OC)(C(=O)OC)C/C=C/CN(Cc2ccccc2)CCC(=O)C1. The van der Waals surface area contributed by atoms with Crippen molar-refractivity contribution in [2.45, 2.75) is 38.6 Å². The first-order chi connectivity index (χ1) is 16.9. The number of rotatable bonds is 5. The smallest absolute Gasteiger partial charge is 0.323 e. The van der Waals surface area contributed by atoms with E-state index in [1.165, 1.54) is 21.3 Å². The standard InChI is InChI=1S/C27H35NO7/c1-33-24(30)22-13-7-8-15-27(25(31)34-2,26(32)35-3)16-9-10-17-28(18-14-23(29)19-22)20-21-11-5-4-6-12-21/h4-12,22H,13-20H2,1-3H3/b8-7+,10-9+. The minimum absolute atomic E-state index is 0.0239. The number of ketones is 1. The van der Waals surface area contributed by atoms with Crippen LogP contribution >= 0.6 is 0 Å². The Labute approximate surface area is 206 Å². The van der Waals surface area contributed by atoms with Gasteiger partial charge >= 0.3 is 17.9 Å². The molecule has 1 aromatic carbocycles. The summed E-state index contributed by atoms with van der Waals surface area (Å²) in [5, 5.41) is 0. The molecule has 0 amide bonds. The van der Waals surface area contributed by atoms with E-state index in [2.05, 4.69) is 4.90 Å². The summed E-state index contributed by atoms with van der Waals surface area (Å²) in [6.45, 7) is 1.64. The minimum Gasteiger partial charge on any atom is -0.469 e. The summed E-state index contributed by atoms with van der Waals surface area (Å²) < 4.78 is 14.8. The van der Waals surface area contributed by atoms with Gasteiger partial charge in [0, 0.05) is 32.5 Å². The molecule has 0 N–H and O–H groups in total. The number of allylic oxidation sites excluding steroid dienone is 3. The summed E-state index contributed by atoms with van der Waals surface area (Å²) in [7, 11) is 3.76. The van der Waals surface area contributed by atoms with Crippen molar-refractivity contribution in [3.63, 3.8) is 0 Å². The molecule has 0 fully saturated rings. The van der Waals surface area contributed by atoms with Crippen LogP contribution in [0, 0.1) is 11.3 Å². The minimum atomic E-state index is -1.54. The summed E-state index contributed by atoms with van der Waals surface area (Å²) in [5.41, 5.74) is -0.446. The van der Waals surface area contributed by atoms with Crippen LogP contribution in [0.4, 0.5) is 0 Å². The monoisotopic (exact) mass is 485 g/mol. The molecule has 0 spiro atoms. The van der Waals surface area contributed by atoms with Crippen molar-refractivity contribution in [1.82, 2.24) is 4.90 Å². The Balaban J connectivity index is 2.36. The van der Waals surface area contributed by atoms with Gasteiger partial charge in [0.1, 0.15) is 5.78 Å². The predicted molar refractivity (Wildman–Crippen MR) is 130 cm³/mol.